The minimum Gasteiger partial charge on any atom is -0.334 e. The number of halogens is 1. The van der Waals surface area contributed by atoms with Crippen LogP contribution in [-0.4, -0.2) is 16.2 Å². The summed E-state index contributed by atoms with van der Waals surface area (Å²) in [4.78, 5) is 19.6. The van der Waals surface area contributed by atoms with Gasteiger partial charge in [0.2, 0.25) is 5.82 Å². The summed E-state index contributed by atoms with van der Waals surface area (Å²) in [6.07, 6.45) is 0. The highest BCUT2D eigenvalue weighted by Crippen LogP contribution is 2.39. The summed E-state index contributed by atoms with van der Waals surface area (Å²) in [5, 5.41) is 7.95. The number of aromatic nitrogens is 2. The second kappa shape index (κ2) is 8.80. The summed E-state index contributed by atoms with van der Waals surface area (Å²) in [5.41, 5.74) is 6.19. The van der Waals surface area contributed by atoms with Crippen LogP contribution in [0.1, 0.15) is 35.5 Å². The molecular formula is C27H23ClN4O2. The quantitative estimate of drug-likeness (QED) is 0.360. The van der Waals surface area contributed by atoms with Gasteiger partial charge in [0.25, 0.3) is 5.89 Å². The van der Waals surface area contributed by atoms with E-state index in [1.807, 2.05) is 81.4 Å². The van der Waals surface area contributed by atoms with Crippen molar-refractivity contribution in [3.63, 3.8) is 0 Å². The molecule has 7 heteroatoms. The van der Waals surface area contributed by atoms with Gasteiger partial charge in [0.15, 0.2) is 0 Å². The molecule has 3 aromatic carbocycles. The Morgan fingerprint density at radius 1 is 0.882 bits per heavy atom. The van der Waals surface area contributed by atoms with Crippen LogP contribution in [0, 0.1) is 13.8 Å². The lowest BCUT2D eigenvalue weighted by Crippen LogP contribution is -2.46. The van der Waals surface area contributed by atoms with Crippen LogP contribution >= 0.6 is 11.6 Å². The minimum absolute atomic E-state index is 0.233. The standard InChI is InChI=1S/C27H23ClN4O2/c1-16-4-8-20(9-5-16)25-30-26(34-31-25)23-18(3)32(22-14-6-17(2)7-15-22)27(33)29-24(23)19-10-12-21(28)13-11-19/h4-15,24H,1-3H3,(H,29,33). The van der Waals surface area contributed by atoms with Gasteiger partial charge in [-0.1, -0.05) is 76.4 Å². The van der Waals surface area contributed by atoms with Gasteiger partial charge in [-0.2, -0.15) is 4.98 Å². The van der Waals surface area contributed by atoms with E-state index in [-0.39, 0.29) is 6.03 Å². The first-order valence-corrected chi connectivity index (χ1v) is 11.3. The van der Waals surface area contributed by atoms with Gasteiger partial charge in [-0.3, -0.25) is 4.90 Å². The van der Waals surface area contributed by atoms with E-state index in [4.69, 9.17) is 21.1 Å². The van der Waals surface area contributed by atoms with E-state index in [1.54, 1.807) is 17.0 Å². The number of carbonyl (C=O) groups excluding carboxylic acids is 1. The topological polar surface area (TPSA) is 71.3 Å². The number of allylic oxidation sites excluding steroid dienone is 1. The van der Waals surface area contributed by atoms with Crippen LogP contribution in [0.25, 0.3) is 17.0 Å². The molecule has 0 spiro atoms. The molecule has 1 unspecified atom stereocenters. The predicted octanol–water partition coefficient (Wildman–Crippen LogP) is 6.71. The maximum absolute atomic E-state index is 13.3. The van der Waals surface area contributed by atoms with Gasteiger partial charge in [-0.05, 0) is 50.6 Å². The number of nitrogens with zero attached hydrogens (tertiary/aromatic N) is 3. The molecule has 1 aromatic heterocycles. The number of benzene rings is 3. The number of amides is 2. The van der Waals surface area contributed by atoms with Gasteiger partial charge in [0.1, 0.15) is 0 Å². The average molecular weight is 471 g/mol. The molecule has 34 heavy (non-hydrogen) atoms. The van der Waals surface area contributed by atoms with E-state index < -0.39 is 6.04 Å². The van der Waals surface area contributed by atoms with Gasteiger partial charge in [0.05, 0.1) is 17.3 Å². The highest BCUT2D eigenvalue weighted by atomic mass is 35.5. The molecule has 6 nitrogen and oxygen atoms in total. The predicted molar refractivity (Wildman–Crippen MR) is 133 cm³/mol. The van der Waals surface area contributed by atoms with Crippen molar-refractivity contribution in [2.75, 3.05) is 4.90 Å². The fourth-order valence-corrected chi connectivity index (χ4v) is 4.21. The molecule has 0 saturated carbocycles. The zero-order chi connectivity index (χ0) is 23.8. The van der Waals surface area contributed by atoms with Crippen molar-refractivity contribution in [2.24, 2.45) is 0 Å². The fourth-order valence-electron chi connectivity index (χ4n) is 4.08. The Morgan fingerprint density at radius 3 is 2.15 bits per heavy atom. The summed E-state index contributed by atoms with van der Waals surface area (Å²) in [7, 11) is 0. The first kappa shape index (κ1) is 21.9. The van der Waals surface area contributed by atoms with Crippen molar-refractivity contribution < 1.29 is 9.32 Å². The third kappa shape index (κ3) is 4.08. The Bertz CT molecular complexity index is 1370. The van der Waals surface area contributed by atoms with Gasteiger partial charge >= 0.3 is 6.03 Å². The van der Waals surface area contributed by atoms with Crippen molar-refractivity contribution in [3.8, 4) is 11.4 Å². The first-order valence-electron chi connectivity index (χ1n) is 11.0. The zero-order valence-electron chi connectivity index (χ0n) is 19.0. The number of urea groups is 1. The SMILES string of the molecule is CC1=C(c2nc(-c3ccc(C)cc3)no2)C(c2ccc(Cl)cc2)NC(=O)N1c1ccc(C)cc1. The highest BCUT2D eigenvalue weighted by molar-refractivity contribution is 6.30. The lowest BCUT2D eigenvalue weighted by molar-refractivity contribution is 0.244. The second-order valence-corrected chi connectivity index (χ2v) is 8.83. The number of nitrogens with one attached hydrogen (secondary N) is 1. The Kier molecular flexibility index (Phi) is 5.67. The number of aryl methyl sites for hydroxylation is 2. The second-order valence-electron chi connectivity index (χ2n) is 8.39. The van der Waals surface area contributed by atoms with Crippen LogP contribution in [-0.2, 0) is 0 Å². The largest absolute Gasteiger partial charge is 0.334 e. The normalized spacial score (nSPS) is 16.1. The highest BCUT2D eigenvalue weighted by Gasteiger charge is 2.36. The van der Waals surface area contributed by atoms with Gasteiger partial charge in [-0.15, -0.1) is 0 Å². The summed E-state index contributed by atoms with van der Waals surface area (Å²) >= 11 is 6.11. The van der Waals surface area contributed by atoms with E-state index >= 15 is 0 Å². The van der Waals surface area contributed by atoms with Crippen molar-refractivity contribution in [1.82, 2.24) is 15.5 Å². The molecule has 1 atom stereocenters. The summed E-state index contributed by atoms with van der Waals surface area (Å²) in [6.45, 7) is 5.93. The van der Waals surface area contributed by atoms with Crippen LogP contribution in [0.2, 0.25) is 5.02 Å². The molecular weight excluding hydrogens is 448 g/mol. The van der Waals surface area contributed by atoms with Gasteiger partial charge in [-0.25, -0.2) is 4.79 Å². The van der Waals surface area contributed by atoms with E-state index in [9.17, 15) is 4.79 Å². The van der Waals surface area contributed by atoms with E-state index in [1.165, 1.54) is 0 Å². The maximum atomic E-state index is 13.3. The summed E-state index contributed by atoms with van der Waals surface area (Å²) in [6, 6.07) is 22.4. The number of anilines is 1. The monoisotopic (exact) mass is 470 g/mol. The molecule has 2 amide bonds. The molecule has 4 aromatic rings. The number of hydrogen-bond acceptors (Lipinski definition) is 4. The van der Waals surface area contributed by atoms with Crippen molar-refractivity contribution in [1.29, 1.82) is 0 Å². The Labute approximate surface area is 202 Å². The van der Waals surface area contributed by atoms with Crippen LogP contribution in [0.4, 0.5) is 10.5 Å². The van der Waals surface area contributed by atoms with E-state index in [0.717, 1.165) is 33.5 Å². The van der Waals surface area contributed by atoms with Crippen molar-refractivity contribution >= 4 is 28.9 Å². The molecule has 0 saturated heterocycles. The summed E-state index contributed by atoms with van der Waals surface area (Å²) in [5.74, 6) is 0.842. The van der Waals surface area contributed by atoms with Crippen molar-refractivity contribution in [2.45, 2.75) is 26.8 Å². The Morgan fingerprint density at radius 2 is 1.50 bits per heavy atom. The molecule has 1 aliphatic rings. The number of rotatable bonds is 4. The average Bonchev–Trinajstić information content (AvgIpc) is 3.30. The zero-order valence-corrected chi connectivity index (χ0v) is 19.8. The Balaban J connectivity index is 1.64. The third-order valence-corrected chi connectivity index (χ3v) is 6.20. The molecule has 0 fully saturated rings. The van der Waals surface area contributed by atoms with Gasteiger partial charge in [0, 0.05) is 16.3 Å². The molecule has 170 valence electrons. The third-order valence-electron chi connectivity index (χ3n) is 5.95. The fraction of sp³-hybridized carbons (Fsp3) is 0.148. The minimum atomic E-state index is -0.474. The van der Waals surface area contributed by atoms with Crippen molar-refractivity contribution in [3.05, 3.63) is 106 Å². The van der Waals surface area contributed by atoms with E-state index in [0.29, 0.717) is 22.4 Å². The van der Waals surface area contributed by atoms with Gasteiger partial charge < -0.3 is 9.84 Å². The number of carbonyl (C=O) groups is 1. The molecule has 0 bridgehead atoms. The molecule has 0 aliphatic carbocycles. The lowest BCUT2D eigenvalue weighted by Gasteiger charge is -2.35. The Hall–Kier alpha value is -3.90. The summed E-state index contributed by atoms with van der Waals surface area (Å²) < 4.78 is 5.75. The molecule has 1 aliphatic heterocycles. The maximum Gasteiger partial charge on any atom is 0.326 e. The van der Waals surface area contributed by atoms with Crippen LogP contribution in [0.15, 0.2) is 83.0 Å². The van der Waals surface area contributed by atoms with Crippen LogP contribution in [0.5, 0.6) is 0 Å². The smallest absolute Gasteiger partial charge is 0.326 e. The lowest BCUT2D eigenvalue weighted by atomic mass is 9.94. The molecule has 5 rings (SSSR count). The number of hydrogen-bond donors (Lipinski definition) is 1. The first-order chi connectivity index (χ1) is 16.4. The molecule has 2 heterocycles. The molecule has 1 N–H and O–H groups in total. The van der Waals surface area contributed by atoms with E-state index in [2.05, 4.69) is 10.5 Å². The van der Waals surface area contributed by atoms with Crippen LogP contribution < -0.4 is 10.2 Å². The molecule has 0 radical (unpaired) electrons. The van der Waals surface area contributed by atoms with Crippen LogP contribution in [0.3, 0.4) is 0 Å².